The molecule has 1 aliphatic rings. The van der Waals surface area contributed by atoms with Crippen molar-refractivity contribution in [2.24, 2.45) is 0 Å². The predicted molar refractivity (Wildman–Crippen MR) is 92.9 cm³/mol. The number of aromatic nitrogens is 5. The van der Waals surface area contributed by atoms with Crippen molar-refractivity contribution in [1.29, 1.82) is 0 Å². The summed E-state index contributed by atoms with van der Waals surface area (Å²) in [4.78, 5) is 20.5. The number of esters is 1. The highest BCUT2D eigenvalue weighted by molar-refractivity contribution is 5.94. The maximum Gasteiger partial charge on any atom is 0.338 e. The summed E-state index contributed by atoms with van der Waals surface area (Å²) in [5.74, 6) is 0.120. The van der Waals surface area contributed by atoms with Gasteiger partial charge in [-0.05, 0) is 30.3 Å². The van der Waals surface area contributed by atoms with Gasteiger partial charge in [0.1, 0.15) is 6.61 Å². The van der Waals surface area contributed by atoms with Gasteiger partial charge in [0.25, 0.3) is 0 Å². The maximum absolute atomic E-state index is 11.7. The van der Waals surface area contributed by atoms with Crippen LogP contribution in [-0.2, 0) is 11.3 Å². The summed E-state index contributed by atoms with van der Waals surface area (Å²) in [6.45, 7) is 0.323. The van der Waals surface area contributed by atoms with Gasteiger partial charge < -0.3 is 10.1 Å². The molecule has 0 saturated carbocycles. The first kappa shape index (κ1) is 14.5. The lowest BCUT2D eigenvalue weighted by atomic mass is 10.1. The number of nitrogens with one attached hydrogen (secondary N) is 1. The highest BCUT2D eigenvalue weighted by Gasteiger charge is 2.21. The number of carbonyl (C=O) groups is 1. The molecule has 0 unspecified atom stereocenters. The summed E-state index contributed by atoms with van der Waals surface area (Å²) in [6.07, 6.45) is 5.07. The molecule has 0 atom stereocenters. The Morgan fingerprint density at radius 2 is 2.04 bits per heavy atom. The van der Waals surface area contributed by atoms with Crippen molar-refractivity contribution in [2.45, 2.75) is 6.61 Å². The average Bonchev–Trinajstić information content (AvgIpc) is 3.26. The van der Waals surface area contributed by atoms with E-state index in [0.717, 1.165) is 28.0 Å². The van der Waals surface area contributed by atoms with E-state index in [9.17, 15) is 4.79 Å². The van der Waals surface area contributed by atoms with Crippen molar-refractivity contribution in [3.8, 4) is 11.3 Å². The van der Waals surface area contributed by atoms with Gasteiger partial charge in [0.15, 0.2) is 0 Å². The lowest BCUT2D eigenvalue weighted by Gasteiger charge is -2.07. The smallest absolute Gasteiger partial charge is 0.338 e. The molecule has 8 nitrogen and oxygen atoms in total. The lowest BCUT2D eigenvalue weighted by Crippen LogP contribution is -2.00. The first-order chi connectivity index (χ1) is 12.8. The molecular formula is C18H12N6O2. The third-order valence-corrected chi connectivity index (χ3v) is 4.18. The van der Waals surface area contributed by atoms with Crippen molar-refractivity contribution in [3.63, 3.8) is 0 Å². The van der Waals surface area contributed by atoms with Gasteiger partial charge >= 0.3 is 5.97 Å². The number of cyclic esters (lactones) is 1. The molecule has 0 amide bonds. The zero-order valence-electron chi connectivity index (χ0n) is 13.5. The van der Waals surface area contributed by atoms with E-state index in [1.807, 2.05) is 30.3 Å². The summed E-state index contributed by atoms with van der Waals surface area (Å²) < 4.78 is 6.58. The molecule has 4 aromatic rings. The zero-order chi connectivity index (χ0) is 17.5. The largest absolute Gasteiger partial charge is 0.457 e. The van der Waals surface area contributed by atoms with Crippen LogP contribution in [0.4, 0.5) is 11.6 Å². The van der Waals surface area contributed by atoms with Crippen molar-refractivity contribution in [1.82, 2.24) is 24.8 Å². The van der Waals surface area contributed by atoms with Gasteiger partial charge in [-0.3, -0.25) is 0 Å². The minimum absolute atomic E-state index is 0.308. The van der Waals surface area contributed by atoms with Crippen molar-refractivity contribution in [3.05, 3.63) is 66.1 Å². The van der Waals surface area contributed by atoms with Crippen LogP contribution in [0.1, 0.15) is 15.9 Å². The van der Waals surface area contributed by atoms with Crippen LogP contribution in [0.25, 0.3) is 16.8 Å². The third kappa shape index (κ3) is 2.35. The number of benzene rings is 1. The Hall–Kier alpha value is -3.81. The second-order valence-corrected chi connectivity index (χ2v) is 5.80. The summed E-state index contributed by atoms with van der Waals surface area (Å²) in [6, 6.07) is 11.1. The van der Waals surface area contributed by atoms with Gasteiger partial charge in [0.05, 0.1) is 23.0 Å². The van der Waals surface area contributed by atoms with E-state index in [0.29, 0.717) is 18.1 Å². The number of rotatable bonds is 3. The summed E-state index contributed by atoms with van der Waals surface area (Å²) >= 11 is 0. The molecule has 1 N–H and O–H groups in total. The van der Waals surface area contributed by atoms with Crippen LogP contribution in [-0.4, -0.2) is 30.8 Å². The maximum atomic E-state index is 11.7. The number of fused-ring (bicyclic) bond motifs is 2. The molecule has 126 valence electrons. The monoisotopic (exact) mass is 344 g/mol. The SMILES string of the molecule is O=C1OCc2ccc(Nc3nccc(-c4cnn5ncccc45)n3)cc21. The second-order valence-electron chi connectivity index (χ2n) is 5.80. The van der Waals surface area contributed by atoms with Crippen molar-refractivity contribution in [2.75, 3.05) is 5.32 Å². The topological polar surface area (TPSA) is 94.3 Å². The van der Waals surface area contributed by atoms with E-state index in [2.05, 4.69) is 25.5 Å². The molecule has 1 aromatic carbocycles. The van der Waals surface area contributed by atoms with E-state index in [1.54, 1.807) is 29.3 Å². The lowest BCUT2D eigenvalue weighted by molar-refractivity contribution is 0.0535. The van der Waals surface area contributed by atoms with Crippen LogP contribution in [0.2, 0.25) is 0 Å². The second kappa shape index (κ2) is 5.62. The molecule has 26 heavy (non-hydrogen) atoms. The Bertz CT molecular complexity index is 1150. The molecule has 0 radical (unpaired) electrons. The molecule has 0 bridgehead atoms. The molecule has 1 aliphatic heterocycles. The normalized spacial score (nSPS) is 12.8. The molecule has 5 rings (SSSR count). The van der Waals surface area contributed by atoms with Crippen molar-refractivity contribution < 1.29 is 9.53 Å². The molecule has 0 spiro atoms. The molecular weight excluding hydrogens is 332 g/mol. The number of carbonyl (C=O) groups excluding carboxylic acids is 1. The van der Waals surface area contributed by atoms with Gasteiger partial charge in [-0.1, -0.05) is 6.07 Å². The Balaban J connectivity index is 1.49. The van der Waals surface area contributed by atoms with E-state index in [-0.39, 0.29) is 5.97 Å². The van der Waals surface area contributed by atoms with Crippen LogP contribution in [0.15, 0.2) is 55.0 Å². The zero-order valence-corrected chi connectivity index (χ0v) is 13.5. The molecule has 3 aromatic heterocycles. The Labute approximate surface area is 147 Å². The molecule has 4 heterocycles. The number of ether oxygens (including phenoxy) is 1. The summed E-state index contributed by atoms with van der Waals surface area (Å²) in [7, 11) is 0. The highest BCUT2D eigenvalue weighted by Crippen LogP contribution is 2.26. The molecule has 0 saturated heterocycles. The van der Waals surface area contributed by atoms with Gasteiger partial charge in [-0.2, -0.15) is 14.8 Å². The fraction of sp³-hybridized carbons (Fsp3) is 0.0556. The van der Waals surface area contributed by atoms with Gasteiger partial charge in [0.2, 0.25) is 5.95 Å². The number of nitrogens with zero attached hydrogens (tertiary/aromatic N) is 5. The van der Waals surface area contributed by atoms with Crippen molar-refractivity contribution >= 4 is 23.1 Å². The fourth-order valence-electron chi connectivity index (χ4n) is 2.92. The van der Waals surface area contributed by atoms with Gasteiger partial charge in [0, 0.05) is 29.2 Å². The van der Waals surface area contributed by atoms with E-state index >= 15 is 0 Å². The molecule has 8 heteroatoms. The van der Waals surface area contributed by atoms with Crippen LogP contribution >= 0.6 is 0 Å². The Kier molecular flexibility index (Phi) is 3.14. The summed E-state index contributed by atoms with van der Waals surface area (Å²) in [5, 5.41) is 11.5. The minimum Gasteiger partial charge on any atom is -0.457 e. The number of hydrogen-bond acceptors (Lipinski definition) is 7. The van der Waals surface area contributed by atoms with Crippen LogP contribution in [0.3, 0.4) is 0 Å². The van der Waals surface area contributed by atoms with E-state index < -0.39 is 0 Å². The van der Waals surface area contributed by atoms with Crippen LogP contribution < -0.4 is 5.32 Å². The van der Waals surface area contributed by atoms with Gasteiger partial charge in [-0.25, -0.2) is 14.8 Å². The Morgan fingerprint density at radius 3 is 3.00 bits per heavy atom. The first-order valence-corrected chi connectivity index (χ1v) is 7.97. The third-order valence-electron chi connectivity index (χ3n) is 4.18. The van der Waals surface area contributed by atoms with E-state index in [4.69, 9.17) is 4.74 Å². The van der Waals surface area contributed by atoms with Gasteiger partial charge in [-0.15, -0.1) is 0 Å². The summed E-state index contributed by atoms with van der Waals surface area (Å²) in [5.41, 5.74) is 4.62. The number of hydrogen-bond donors (Lipinski definition) is 1. The van der Waals surface area contributed by atoms with Crippen LogP contribution in [0.5, 0.6) is 0 Å². The minimum atomic E-state index is -0.308. The molecule has 0 fully saturated rings. The first-order valence-electron chi connectivity index (χ1n) is 7.97. The standard InChI is InChI=1S/C18H12N6O2/c25-17-13-8-12(4-3-11(13)10-26-17)22-18-19-7-5-15(23-18)14-9-21-24-16(14)2-1-6-20-24/h1-9H,10H2,(H,19,22,23). The predicted octanol–water partition coefficient (Wildman–Crippen LogP) is 2.60. The molecule has 0 aliphatic carbocycles. The van der Waals surface area contributed by atoms with E-state index in [1.165, 1.54) is 0 Å². The quantitative estimate of drug-likeness (QED) is 0.571. The highest BCUT2D eigenvalue weighted by atomic mass is 16.5. The fourth-order valence-corrected chi connectivity index (χ4v) is 2.92. The average molecular weight is 344 g/mol. The Morgan fingerprint density at radius 1 is 1.08 bits per heavy atom. The van der Waals surface area contributed by atoms with Crippen LogP contribution in [0, 0.1) is 0 Å². The number of anilines is 2.